The van der Waals surface area contributed by atoms with Crippen LogP contribution in [-0.2, 0) is 0 Å². The molecule has 9 aromatic carbocycles. The van der Waals surface area contributed by atoms with Gasteiger partial charge in [0.15, 0.2) is 0 Å². The third-order valence-corrected chi connectivity index (χ3v) is 10.8. The van der Waals surface area contributed by atoms with E-state index in [4.69, 9.17) is 0 Å². The lowest BCUT2D eigenvalue weighted by atomic mass is 9.99. The van der Waals surface area contributed by atoms with E-state index in [1.54, 1.807) is 0 Å². The molecule has 0 unspecified atom stereocenters. The van der Waals surface area contributed by atoms with Gasteiger partial charge in [0, 0.05) is 33.5 Å². The number of hydrogen-bond acceptors (Lipinski definition) is 1. The maximum atomic E-state index is 2.41. The van der Waals surface area contributed by atoms with Crippen LogP contribution in [0.15, 0.2) is 231 Å². The summed E-state index contributed by atoms with van der Waals surface area (Å²) in [6.45, 7) is 0. The van der Waals surface area contributed by atoms with Gasteiger partial charge in [0.2, 0.25) is 0 Å². The Morgan fingerprint density at radius 1 is 0.250 bits per heavy atom. The molecule has 0 N–H and O–H groups in total. The second-order valence-electron chi connectivity index (χ2n) is 14.2. The van der Waals surface area contributed by atoms with Crippen molar-refractivity contribution in [1.82, 2.24) is 4.57 Å². The molecule has 2 nitrogen and oxygen atoms in total. The zero-order valence-electron chi connectivity index (χ0n) is 30.8. The minimum Gasteiger partial charge on any atom is -0.310 e. The Balaban J connectivity index is 1.03. The van der Waals surface area contributed by atoms with Gasteiger partial charge >= 0.3 is 0 Å². The quantitative estimate of drug-likeness (QED) is 0.152. The number of nitrogens with zero attached hydrogens (tertiary/aromatic N) is 2. The van der Waals surface area contributed by atoms with E-state index in [0.29, 0.717) is 0 Å². The first kappa shape index (κ1) is 33.2. The van der Waals surface area contributed by atoms with Gasteiger partial charge in [0.05, 0.1) is 11.0 Å². The molecule has 10 aromatic rings. The van der Waals surface area contributed by atoms with E-state index in [1.807, 2.05) is 0 Å². The highest BCUT2D eigenvalue weighted by Gasteiger charge is 2.18. The number of aromatic nitrogens is 1. The minimum absolute atomic E-state index is 1.10. The van der Waals surface area contributed by atoms with E-state index in [-0.39, 0.29) is 0 Å². The largest absolute Gasteiger partial charge is 0.310 e. The van der Waals surface area contributed by atoms with Gasteiger partial charge < -0.3 is 9.47 Å². The molecule has 0 fully saturated rings. The summed E-state index contributed by atoms with van der Waals surface area (Å²) >= 11 is 0. The number of anilines is 3. The number of para-hydroxylation sites is 2. The molecule has 56 heavy (non-hydrogen) atoms. The Labute approximate surface area is 327 Å². The van der Waals surface area contributed by atoms with Gasteiger partial charge in [-0.25, -0.2) is 0 Å². The molecule has 0 bridgehead atoms. The smallest absolute Gasteiger partial charge is 0.0561 e. The first-order chi connectivity index (χ1) is 27.8. The normalized spacial score (nSPS) is 11.2. The lowest BCUT2D eigenvalue weighted by molar-refractivity contribution is 1.18. The van der Waals surface area contributed by atoms with Crippen LogP contribution in [0.25, 0.3) is 72.0 Å². The molecule has 0 aliphatic rings. The topological polar surface area (TPSA) is 8.17 Å². The maximum Gasteiger partial charge on any atom is 0.0561 e. The van der Waals surface area contributed by atoms with Crippen molar-refractivity contribution >= 4 is 38.9 Å². The number of hydrogen-bond donors (Lipinski definition) is 0. The summed E-state index contributed by atoms with van der Waals surface area (Å²) in [5.74, 6) is 0. The second-order valence-corrected chi connectivity index (χ2v) is 14.2. The summed E-state index contributed by atoms with van der Waals surface area (Å²) in [6.07, 6.45) is 0. The van der Waals surface area contributed by atoms with Crippen molar-refractivity contribution in [2.24, 2.45) is 0 Å². The van der Waals surface area contributed by atoms with Crippen LogP contribution in [0.3, 0.4) is 0 Å². The van der Waals surface area contributed by atoms with Crippen molar-refractivity contribution in [3.8, 4) is 50.2 Å². The number of benzene rings is 9. The van der Waals surface area contributed by atoms with Gasteiger partial charge in [-0.2, -0.15) is 0 Å². The predicted octanol–water partition coefficient (Wildman–Crippen LogP) is 14.9. The molecular formula is C54H38N2. The summed E-state index contributed by atoms with van der Waals surface area (Å²) in [7, 11) is 0. The average Bonchev–Trinajstić information content (AvgIpc) is 3.61. The molecule has 264 valence electrons. The summed E-state index contributed by atoms with van der Waals surface area (Å²) in [5, 5.41) is 2.47. The van der Waals surface area contributed by atoms with E-state index in [0.717, 1.165) is 22.7 Å². The van der Waals surface area contributed by atoms with Gasteiger partial charge in [0.25, 0.3) is 0 Å². The minimum atomic E-state index is 1.10. The van der Waals surface area contributed by atoms with Crippen molar-refractivity contribution in [3.05, 3.63) is 231 Å². The fraction of sp³-hybridized carbons (Fsp3) is 0. The van der Waals surface area contributed by atoms with E-state index in [1.165, 1.54) is 66.3 Å². The Bertz CT molecular complexity index is 2910. The highest BCUT2D eigenvalue weighted by atomic mass is 15.1. The highest BCUT2D eigenvalue weighted by molar-refractivity contribution is 6.10. The van der Waals surface area contributed by atoms with Crippen LogP contribution in [0.2, 0.25) is 0 Å². The molecular weight excluding hydrogens is 677 g/mol. The van der Waals surface area contributed by atoms with Crippen molar-refractivity contribution in [2.45, 2.75) is 0 Å². The van der Waals surface area contributed by atoms with E-state index >= 15 is 0 Å². The van der Waals surface area contributed by atoms with Gasteiger partial charge in [-0.1, -0.05) is 170 Å². The molecule has 0 atom stereocenters. The van der Waals surface area contributed by atoms with E-state index in [2.05, 4.69) is 240 Å². The lowest BCUT2D eigenvalue weighted by Gasteiger charge is -2.26. The van der Waals surface area contributed by atoms with Gasteiger partial charge in [-0.05, 0) is 105 Å². The Hall–Kier alpha value is -7.42. The fourth-order valence-corrected chi connectivity index (χ4v) is 8.00. The molecule has 0 saturated heterocycles. The van der Waals surface area contributed by atoms with Crippen LogP contribution >= 0.6 is 0 Å². The molecule has 0 aliphatic carbocycles. The number of fused-ring (bicyclic) bond motifs is 3. The molecule has 1 aromatic heterocycles. The molecule has 0 radical (unpaired) electrons. The molecule has 0 amide bonds. The van der Waals surface area contributed by atoms with Crippen LogP contribution in [0, 0.1) is 0 Å². The van der Waals surface area contributed by atoms with Gasteiger partial charge in [-0.15, -0.1) is 0 Å². The van der Waals surface area contributed by atoms with Crippen LogP contribution < -0.4 is 4.90 Å². The van der Waals surface area contributed by atoms with Gasteiger partial charge in [0.1, 0.15) is 0 Å². The zero-order chi connectivity index (χ0) is 37.3. The van der Waals surface area contributed by atoms with Crippen LogP contribution in [-0.4, -0.2) is 4.57 Å². The Morgan fingerprint density at radius 2 is 0.661 bits per heavy atom. The van der Waals surface area contributed by atoms with Crippen LogP contribution in [0.1, 0.15) is 0 Å². The zero-order valence-corrected chi connectivity index (χ0v) is 30.8. The Kier molecular flexibility index (Phi) is 8.55. The monoisotopic (exact) mass is 714 g/mol. The third-order valence-electron chi connectivity index (χ3n) is 10.8. The van der Waals surface area contributed by atoms with Gasteiger partial charge in [-0.3, -0.25) is 0 Å². The molecule has 1 heterocycles. The number of rotatable bonds is 8. The molecule has 2 heteroatoms. The lowest BCUT2D eigenvalue weighted by Crippen LogP contribution is -2.10. The summed E-state index contributed by atoms with van der Waals surface area (Å²) < 4.78 is 2.41. The van der Waals surface area contributed by atoms with Crippen molar-refractivity contribution in [2.75, 3.05) is 4.90 Å². The van der Waals surface area contributed by atoms with Crippen molar-refractivity contribution in [3.63, 3.8) is 0 Å². The second kappa shape index (κ2) is 14.4. The summed E-state index contributed by atoms with van der Waals surface area (Å²) in [6, 6.07) is 83.0. The van der Waals surface area contributed by atoms with E-state index < -0.39 is 0 Å². The summed E-state index contributed by atoms with van der Waals surface area (Å²) in [4.78, 5) is 2.35. The van der Waals surface area contributed by atoms with Crippen molar-refractivity contribution in [1.29, 1.82) is 0 Å². The highest BCUT2D eigenvalue weighted by Crippen LogP contribution is 2.40. The first-order valence-corrected chi connectivity index (χ1v) is 19.2. The third kappa shape index (κ3) is 6.24. The Morgan fingerprint density at radius 3 is 1.29 bits per heavy atom. The summed E-state index contributed by atoms with van der Waals surface area (Å²) in [5.41, 5.74) is 16.5. The molecule has 0 spiro atoms. The SMILES string of the molecule is c1ccc(-c2ccc(-c3ccc(-n4c5ccccc5c5ccc(N(c6ccccc6)c6ccc(-c7cccc(-c8ccccc8)c7)cc6)cc54)cc3)cc2)cc1. The predicted molar refractivity (Wildman–Crippen MR) is 237 cm³/mol. The van der Waals surface area contributed by atoms with Crippen LogP contribution in [0.5, 0.6) is 0 Å². The molecule has 0 saturated carbocycles. The van der Waals surface area contributed by atoms with Crippen molar-refractivity contribution < 1.29 is 0 Å². The van der Waals surface area contributed by atoms with Crippen LogP contribution in [0.4, 0.5) is 17.1 Å². The maximum absolute atomic E-state index is 2.41. The molecule has 0 aliphatic heterocycles. The van der Waals surface area contributed by atoms with E-state index in [9.17, 15) is 0 Å². The first-order valence-electron chi connectivity index (χ1n) is 19.2. The fourth-order valence-electron chi connectivity index (χ4n) is 8.00. The molecule has 10 rings (SSSR count). The average molecular weight is 715 g/mol. The standard InChI is InChI=1S/C54H38N2/c1-4-13-39(14-5-1)41-23-25-42(26-24-41)43-27-33-49(34-28-43)56-53-22-11-10-21-51(53)52-36-35-50(38-54(52)56)55(47-19-8-3-9-20-47)48-31-29-44(30-32-48)46-18-12-17-45(37-46)40-15-6-2-7-16-40/h1-38H.